The third kappa shape index (κ3) is 15.8. The minimum atomic E-state index is -1.21. The summed E-state index contributed by atoms with van der Waals surface area (Å²) in [6.45, 7) is 7.25. The Morgan fingerprint density at radius 3 is 2.19 bits per heavy atom. The molecule has 0 spiro atoms. The van der Waals surface area contributed by atoms with E-state index in [1.165, 1.54) is 44.4 Å². The second-order valence-corrected chi connectivity index (χ2v) is 9.41. The van der Waals surface area contributed by atoms with Gasteiger partial charge in [0.2, 0.25) is 5.91 Å². The zero-order valence-corrected chi connectivity index (χ0v) is 22.8. The van der Waals surface area contributed by atoms with Gasteiger partial charge >= 0.3 is 0 Å². The highest BCUT2D eigenvalue weighted by atomic mass is 32.2. The molecular weight excluding hydrogens is 478 g/mol. The Morgan fingerprint density at radius 2 is 1.61 bits per heavy atom. The van der Waals surface area contributed by atoms with Crippen LogP contribution < -0.4 is 16.0 Å². The molecule has 1 amide bonds. The summed E-state index contributed by atoms with van der Waals surface area (Å²) in [5.74, 6) is 0.563. The van der Waals surface area contributed by atoms with E-state index in [4.69, 9.17) is 4.74 Å². The Balaban J connectivity index is 0.000000935. The summed E-state index contributed by atoms with van der Waals surface area (Å²) in [6, 6.07) is -0.679. The van der Waals surface area contributed by atoms with Gasteiger partial charge in [-0.1, -0.05) is 31.4 Å². The SMILES string of the molecule is C=C=C=C=C=C=C=C(C)NC.CNCCCCCCCCSC1OC(CO)C(O)C(O)C1NC(C)=O. The van der Waals surface area contributed by atoms with Crippen molar-refractivity contribution in [1.29, 1.82) is 0 Å². The summed E-state index contributed by atoms with van der Waals surface area (Å²) < 4.78 is 5.69. The first kappa shape index (κ1) is 33.8. The minimum Gasteiger partial charge on any atom is -0.394 e. The van der Waals surface area contributed by atoms with Crippen LogP contribution >= 0.6 is 11.8 Å². The van der Waals surface area contributed by atoms with Gasteiger partial charge in [-0.25, -0.2) is 0 Å². The molecule has 0 bridgehead atoms. The first-order valence-electron chi connectivity index (χ1n) is 12.3. The molecule has 202 valence electrons. The number of aliphatic hydroxyl groups excluding tert-OH is 3. The molecule has 1 rings (SSSR count). The molecule has 0 saturated carbocycles. The summed E-state index contributed by atoms with van der Waals surface area (Å²) in [5, 5.41) is 38.2. The highest BCUT2D eigenvalue weighted by Gasteiger charge is 2.44. The predicted molar refractivity (Wildman–Crippen MR) is 144 cm³/mol. The van der Waals surface area contributed by atoms with Gasteiger partial charge in [0.25, 0.3) is 0 Å². The first-order chi connectivity index (χ1) is 17.3. The van der Waals surface area contributed by atoms with E-state index in [0.29, 0.717) is 0 Å². The van der Waals surface area contributed by atoms with Crippen molar-refractivity contribution in [2.75, 3.05) is 33.0 Å². The second kappa shape index (κ2) is 22.1. The molecule has 0 aromatic rings. The number of ether oxygens (including phenoxy) is 1. The predicted octanol–water partition coefficient (Wildman–Crippen LogP) is 1.89. The molecule has 6 N–H and O–H groups in total. The lowest BCUT2D eigenvalue weighted by atomic mass is 9.98. The highest BCUT2D eigenvalue weighted by Crippen LogP contribution is 2.29. The van der Waals surface area contributed by atoms with E-state index < -0.39 is 29.8 Å². The van der Waals surface area contributed by atoms with Gasteiger partial charge < -0.3 is 36.0 Å². The van der Waals surface area contributed by atoms with Gasteiger partial charge in [-0.3, -0.25) is 4.79 Å². The molecule has 0 radical (unpaired) electrons. The quantitative estimate of drug-likeness (QED) is 0.160. The Morgan fingerprint density at radius 1 is 0.972 bits per heavy atom. The summed E-state index contributed by atoms with van der Waals surface area (Å²) in [4.78, 5) is 11.4. The number of carbonyl (C=O) groups is 1. The molecule has 36 heavy (non-hydrogen) atoms. The molecule has 9 heteroatoms. The van der Waals surface area contributed by atoms with Crippen molar-refractivity contribution in [3.05, 3.63) is 46.7 Å². The summed E-state index contributed by atoms with van der Waals surface area (Å²) >= 11 is 1.52. The number of carbonyl (C=O) groups excluding carboxylic acids is 1. The lowest BCUT2D eigenvalue weighted by molar-refractivity contribution is -0.173. The van der Waals surface area contributed by atoms with E-state index in [1.807, 2.05) is 21.0 Å². The van der Waals surface area contributed by atoms with Crippen molar-refractivity contribution in [2.45, 2.75) is 82.2 Å². The van der Waals surface area contributed by atoms with Crippen LogP contribution in [-0.4, -0.2) is 84.0 Å². The monoisotopic (exact) mass is 521 g/mol. The normalized spacial score (nSPS) is 22.1. The fraction of sp³-hybridized carbons (Fsp3) is 0.667. The smallest absolute Gasteiger partial charge is 0.217 e. The molecule has 0 aromatic heterocycles. The lowest BCUT2D eigenvalue weighted by Crippen LogP contribution is -2.63. The van der Waals surface area contributed by atoms with Gasteiger partial charge in [0.15, 0.2) is 0 Å². The van der Waals surface area contributed by atoms with Crippen molar-refractivity contribution in [2.24, 2.45) is 0 Å². The maximum atomic E-state index is 11.4. The topological polar surface area (TPSA) is 123 Å². The standard InChI is InChI=1S/C17H34N2O5S.C10H9N/c1-12(21)19-14-16(23)15(22)13(11-20)24-17(14)25-10-8-6-4-3-5-7-9-18-2;1-4-5-6-7-8-9-10(2)11-3/h13-18,20,22-23H,3-11H2,1-2H3,(H,19,21);11H,1H2,2-3H3. The molecule has 1 saturated heterocycles. The second-order valence-electron chi connectivity index (χ2n) is 8.21. The molecule has 8 nitrogen and oxygen atoms in total. The van der Waals surface area contributed by atoms with Crippen LogP contribution in [0.15, 0.2) is 46.7 Å². The third-order valence-corrected chi connectivity index (χ3v) is 6.51. The van der Waals surface area contributed by atoms with Crippen molar-refractivity contribution in [1.82, 2.24) is 16.0 Å². The van der Waals surface area contributed by atoms with Crippen LogP contribution in [0.4, 0.5) is 0 Å². The third-order valence-electron chi connectivity index (χ3n) is 5.25. The Bertz CT molecular complexity index is 859. The number of rotatable bonds is 13. The van der Waals surface area contributed by atoms with E-state index in [-0.39, 0.29) is 12.5 Å². The van der Waals surface area contributed by atoms with Crippen molar-refractivity contribution >= 4 is 17.7 Å². The van der Waals surface area contributed by atoms with Crippen LogP contribution in [0.5, 0.6) is 0 Å². The fourth-order valence-corrected chi connectivity index (χ4v) is 4.48. The zero-order valence-electron chi connectivity index (χ0n) is 22.0. The average Bonchev–Trinajstić information content (AvgIpc) is 2.86. The van der Waals surface area contributed by atoms with Crippen molar-refractivity contribution in [3.8, 4) is 0 Å². The number of hydrogen-bond donors (Lipinski definition) is 6. The first-order valence-corrected chi connectivity index (χ1v) is 13.3. The molecule has 5 atom stereocenters. The summed E-state index contributed by atoms with van der Waals surface area (Å²) in [5.41, 5.74) is 15.8. The lowest BCUT2D eigenvalue weighted by Gasteiger charge is -2.42. The van der Waals surface area contributed by atoms with Crippen molar-refractivity contribution in [3.63, 3.8) is 0 Å². The van der Waals surface area contributed by atoms with Gasteiger partial charge in [0.05, 0.1) is 18.3 Å². The van der Waals surface area contributed by atoms with Gasteiger partial charge in [-0.15, -0.1) is 11.8 Å². The van der Waals surface area contributed by atoms with E-state index >= 15 is 0 Å². The van der Waals surface area contributed by atoms with Gasteiger partial charge in [-0.2, -0.15) is 0 Å². The molecule has 1 heterocycles. The van der Waals surface area contributed by atoms with Crippen LogP contribution in [0.25, 0.3) is 0 Å². The van der Waals surface area contributed by atoms with Crippen LogP contribution in [0.3, 0.4) is 0 Å². The van der Waals surface area contributed by atoms with E-state index in [2.05, 4.69) is 56.9 Å². The van der Waals surface area contributed by atoms with Crippen LogP contribution in [0, 0.1) is 0 Å². The number of hydrogen-bond acceptors (Lipinski definition) is 8. The number of nitrogens with one attached hydrogen (secondary N) is 3. The summed E-state index contributed by atoms with van der Waals surface area (Å²) in [6.07, 6.45) is 3.86. The fourth-order valence-electron chi connectivity index (χ4n) is 3.22. The maximum absolute atomic E-state index is 11.4. The van der Waals surface area contributed by atoms with Gasteiger partial charge in [0, 0.05) is 14.0 Å². The molecule has 5 unspecified atom stereocenters. The minimum absolute atomic E-state index is 0.283. The van der Waals surface area contributed by atoms with E-state index in [1.54, 1.807) is 0 Å². The van der Waals surface area contributed by atoms with Crippen LogP contribution in [0.1, 0.15) is 52.4 Å². The molecule has 1 aliphatic heterocycles. The Kier molecular flexibility index (Phi) is 20.7. The number of allylic oxidation sites excluding steroid dienone is 1. The molecule has 1 aliphatic rings. The maximum Gasteiger partial charge on any atom is 0.217 e. The number of unbranched alkanes of at least 4 members (excludes halogenated alkanes) is 5. The van der Waals surface area contributed by atoms with Crippen LogP contribution in [-0.2, 0) is 9.53 Å². The van der Waals surface area contributed by atoms with Crippen molar-refractivity contribution < 1.29 is 24.9 Å². The van der Waals surface area contributed by atoms with Gasteiger partial charge in [0.1, 0.15) is 23.7 Å². The van der Waals surface area contributed by atoms with E-state index in [9.17, 15) is 20.1 Å². The number of thioether (sulfide) groups is 1. The zero-order chi connectivity index (χ0) is 27.2. The summed E-state index contributed by atoms with van der Waals surface area (Å²) in [7, 11) is 3.78. The molecule has 0 aliphatic carbocycles. The Labute approximate surface area is 220 Å². The Hall–Kier alpha value is -2.16. The highest BCUT2D eigenvalue weighted by molar-refractivity contribution is 7.99. The molecule has 1 fully saturated rings. The number of amides is 1. The average molecular weight is 522 g/mol. The largest absolute Gasteiger partial charge is 0.394 e. The van der Waals surface area contributed by atoms with Crippen LogP contribution in [0.2, 0.25) is 0 Å². The van der Waals surface area contributed by atoms with E-state index in [0.717, 1.165) is 30.8 Å². The molecular formula is C27H43N3O5S. The number of aliphatic hydroxyl groups is 3. The van der Waals surface area contributed by atoms with Gasteiger partial charge in [-0.05, 0) is 74.3 Å². The molecule has 0 aromatic carbocycles.